The molecule has 35 heavy (non-hydrogen) atoms. The minimum absolute atomic E-state index is 0.0130. The Hall–Kier alpha value is -2.84. The number of amides is 2. The molecule has 186 valence electrons. The van der Waals surface area contributed by atoms with Crippen LogP contribution in [0.2, 0.25) is 0 Å². The van der Waals surface area contributed by atoms with E-state index in [0.29, 0.717) is 50.1 Å². The Kier molecular flexibility index (Phi) is 6.59. The van der Waals surface area contributed by atoms with E-state index in [-0.39, 0.29) is 24.5 Å². The fraction of sp³-hybridized carbons (Fsp3) is 0.481. The van der Waals surface area contributed by atoms with Crippen LogP contribution in [0.4, 0.5) is 8.78 Å². The van der Waals surface area contributed by atoms with Crippen molar-refractivity contribution in [3.8, 4) is 0 Å². The van der Waals surface area contributed by atoms with E-state index in [0.717, 1.165) is 24.0 Å². The molecule has 1 saturated heterocycles. The highest BCUT2D eigenvalue weighted by molar-refractivity contribution is 5.82. The molecule has 0 aromatic heterocycles. The van der Waals surface area contributed by atoms with Crippen LogP contribution in [0.1, 0.15) is 48.4 Å². The number of carbonyl (C=O) groups excluding carboxylic acids is 2. The Morgan fingerprint density at radius 1 is 1.17 bits per heavy atom. The van der Waals surface area contributed by atoms with Gasteiger partial charge in [-0.2, -0.15) is 0 Å². The third-order valence-electron chi connectivity index (χ3n) is 7.37. The molecule has 3 aliphatic rings. The third kappa shape index (κ3) is 4.82. The Balaban J connectivity index is 1.38. The predicted octanol–water partition coefficient (Wildman–Crippen LogP) is 3.17. The van der Waals surface area contributed by atoms with E-state index in [9.17, 15) is 18.4 Å². The van der Waals surface area contributed by atoms with E-state index in [1.54, 1.807) is 0 Å². The van der Waals surface area contributed by atoms with Gasteiger partial charge in [-0.1, -0.05) is 24.3 Å². The molecule has 8 heteroatoms. The topological polar surface area (TPSA) is 70.7 Å². The lowest BCUT2D eigenvalue weighted by atomic mass is 9.75. The number of carbonyl (C=O) groups is 2. The highest BCUT2D eigenvalue weighted by atomic mass is 19.2. The number of rotatable bonds is 7. The Morgan fingerprint density at radius 2 is 1.94 bits per heavy atom. The first-order valence-electron chi connectivity index (χ1n) is 12.3. The van der Waals surface area contributed by atoms with E-state index in [2.05, 4.69) is 16.7 Å². The Bertz CT molecular complexity index is 1140. The molecule has 6 nitrogen and oxygen atoms in total. The zero-order valence-electron chi connectivity index (χ0n) is 19.9. The molecule has 2 amide bonds. The maximum Gasteiger partial charge on any atom is 0.230 e. The second-order valence-electron chi connectivity index (χ2n) is 9.86. The number of benzene rings is 2. The molecule has 0 bridgehead atoms. The van der Waals surface area contributed by atoms with Gasteiger partial charge in [0.05, 0.1) is 12.5 Å². The van der Waals surface area contributed by atoms with Gasteiger partial charge in [0.15, 0.2) is 11.6 Å². The minimum Gasteiger partial charge on any atom is -0.365 e. The predicted molar refractivity (Wildman–Crippen MR) is 126 cm³/mol. The number of hydrogen-bond donors (Lipinski definition) is 2. The van der Waals surface area contributed by atoms with Crippen LogP contribution in [0.25, 0.3) is 0 Å². The van der Waals surface area contributed by atoms with Crippen molar-refractivity contribution < 1.29 is 23.1 Å². The van der Waals surface area contributed by atoms with E-state index >= 15 is 0 Å². The minimum atomic E-state index is -0.945. The van der Waals surface area contributed by atoms with Gasteiger partial charge in [0.25, 0.3) is 0 Å². The molecule has 2 N–H and O–H groups in total. The zero-order valence-corrected chi connectivity index (χ0v) is 19.9. The van der Waals surface area contributed by atoms with Crippen LogP contribution < -0.4 is 10.6 Å². The molecule has 1 saturated carbocycles. The van der Waals surface area contributed by atoms with Crippen molar-refractivity contribution in [2.45, 2.75) is 57.4 Å². The molecule has 2 aliphatic heterocycles. The van der Waals surface area contributed by atoms with Gasteiger partial charge in [-0.25, -0.2) is 8.78 Å². The van der Waals surface area contributed by atoms with Gasteiger partial charge in [-0.15, -0.1) is 0 Å². The lowest BCUT2D eigenvalue weighted by Gasteiger charge is -2.43. The van der Waals surface area contributed by atoms with E-state index < -0.39 is 23.2 Å². The summed E-state index contributed by atoms with van der Waals surface area (Å²) in [7, 11) is 0. The van der Waals surface area contributed by atoms with Crippen molar-refractivity contribution in [2.24, 2.45) is 5.92 Å². The van der Waals surface area contributed by atoms with Crippen molar-refractivity contribution >= 4 is 11.8 Å². The number of nitrogens with one attached hydrogen (secondary N) is 2. The quantitative estimate of drug-likeness (QED) is 0.635. The van der Waals surface area contributed by atoms with Crippen LogP contribution in [0.3, 0.4) is 0 Å². The highest BCUT2D eigenvalue weighted by Gasteiger charge is 2.53. The molecular formula is C27H31F2N3O3. The first kappa shape index (κ1) is 23.9. The summed E-state index contributed by atoms with van der Waals surface area (Å²) in [5.41, 5.74) is 2.41. The summed E-state index contributed by atoms with van der Waals surface area (Å²) in [5, 5.41) is 6.13. The smallest absolute Gasteiger partial charge is 0.230 e. The molecule has 2 heterocycles. The Labute approximate surface area is 204 Å². The van der Waals surface area contributed by atoms with Crippen LogP contribution in [-0.4, -0.2) is 42.4 Å². The highest BCUT2D eigenvalue weighted by Crippen LogP contribution is 2.48. The summed E-state index contributed by atoms with van der Waals surface area (Å²) in [5.74, 6) is -2.39. The molecule has 1 aliphatic carbocycles. The summed E-state index contributed by atoms with van der Waals surface area (Å²) in [6.45, 7) is 3.79. The van der Waals surface area contributed by atoms with Crippen LogP contribution >= 0.6 is 0 Å². The number of fused-ring (bicyclic) bond motifs is 2. The van der Waals surface area contributed by atoms with Gasteiger partial charge in [-0.3, -0.25) is 9.59 Å². The zero-order chi connectivity index (χ0) is 24.6. The average Bonchev–Trinajstić information content (AvgIpc) is 3.63. The van der Waals surface area contributed by atoms with Crippen molar-refractivity contribution in [1.82, 2.24) is 15.5 Å². The number of halogens is 2. The van der Waals surface area contributed by atoms with Crippen molar-refractivity contribution in [2.75, 3.05) is 19.6 Å². The van der Waals surface area contributed by atoms with Gasteiger partial charge < -0.3 is 20.3 Å². The lowest BCUT2D eigenvalue weighted by molar-refractivity contribution is -0.157. The number of piperidine rings is 1. The molecule has 0 unspecified atom stereocenters. The standard InChI is InChI=1S/C27H31F2N3O3/c1-17(33)31-9-7-18-3-2-4-19(11-18)15-32(21-5-6-21)26(34)23-14-30-10-8-27(23)22-13-25(29)24(28)12-20(22)16-35-27/h2-4,11-13,21,23,30H,5-10,14-16H2,1H3,(H,31,33)/t23-,27+/m1/s1. The summed E-state index contributed by atoms with van der Waals surface area (Å²) < 4.78 is 34.3. The average molecular weight is 484 g/mol. The number of hydrogen-bond acceptors (Lipinski definition) is 4. The second-order valence-corrected chi connectivity index (χ2v) is 9.86. The van der Waals surface area contributed by atoms with Gasteiger partial charge in [0, 0.05) is 32.6 Å². The molecule has 2 aromatic rings. The van der Waals surface area contributed by atoms with Crippen molar-refractivity contribution in [3.63, 3.8) is 0 Å². The molecule has 1 spiro atoms. The largest absolute Gasteiger partial charge is 0.365 e. The second kappa shape index (κ2) is 9.66. The molecule has 2 aromatic carbocycles. The van der Waals surface area contributed by atoms with Crippen LogP contribution in [0.15, 0.2) is 36.4 Å². The molecule has 0 radical (unpaired) electrons. The fourth-order valence-corrected chi connectivity index (χ4v) is 5.46. The van der Waals surface area contributed by atoms with Crippen molar-refractivity contribution in [1.29, 1.82) is 0 Å². The molecular weight excluding hydrogens is 452 g/mol. The summed E-state index contributed by atoms with van der Waals surface area (Å²) >= 11 is 0. The third-order valence-corrected chi connectivity index (χ3v) is 7.37. The maximum atomic E-state index is 14.2. The maximum absolute atomic E-state index is 14.2. The van der Waals surface area contributed by atoms with Gasteiger partial charge in [0.1, 0.15) is 5.60 Å². The summed E-state index contributed by atoms with van der Waals surface area (Å²) in [6.07, 6.45) is 3.16. The van der Waals surface area contributed by atoms with E-state index in [4.69, 9.17) is 4.74 Å². The normalized spacial score (nSPS) is 23.2. The number of ether oxygens (including phenoxy) is 1. The first-order chi connectivity index (χ1) is 16.9. The first-order valence-corrected chi connectivity index (χ1v) is 12.3. The molecule has 2 atom stereocenters. The summed E-state index contributed by atoms with van der Waals surface area (Å²) in [4.78, 5) is 27.1. The van der Waals surface area contributed by atoms with E-state index in [1.807, 2.05) is 23.1 Å². The summed E-state index contributed by atoms with van der Waals surface area (Å²) in [6, 6.07) is 10.7. The lowest BCUT2D eigenvalue weighted by Crippen LogP contribution is -2.55. The van der Waals surface area contributed by atoms with Crippen LogP contribution in [0.5, 0.6) is 0 Å². The number of nitrogens with zero attached hydrogens (tertiary/aromatic N) is 1. The van der Waals surface area contributed by atoms with Gasteiger partial charge in [-0.05, 0) is 66.6 Å². The van der Waals surface area contributed by atoms with Crippen LogP contribution in [0, 0.1) is 17.6 Å². The fourth-order valence-electron chi connectivity index (χ4n) is 5.46. The van der Waals surface area contributed by atoms with Gasteiger partial charge in [0.2, 0.25) is 11.8 Å². The molecule has 2 fully saturated rings. The SMILES string of the molecule is CC(=O)NCCc1cccc(CN(C(=O)[C@H]2CNCC[C@@]23OCc2cc(F)c(F)cc23)C2CC2)c1. The van der Waals surface area contributed by atoms with Crippen LogP contribution in [-0.2, 0) is 39.5 Å². The van der Waals surface area contributed by atoms with Gasteiger partial charge >= 0.3 is 0 Å². The van der Waals surface area contributed by atoms with E-state index in [1.165, 1.54) is 19.1 Å². The monoisotopic (exact) mass is 483 g/mol. The molecule has 5 rings (SSSR count). The van der Waals surface area contributed by atoms with Crippen molar-refractivity contribution in [3.05, 3.63) is 70.3 Å². The Morgan fingerprint density at radius 3 is 2.71 bits per heavy atom.